The van der Waals surface area contributed by atoms with E-state index in [9.17, 15) is 19.5 Å². The van der Waals surface area contributed by atoms with Crippen LogP contribution in [0, 0.1) is 11.8 Å². The summed E-state index contributed by atoms with van der Waals surface area (Å²) in [6, 6.07) is 31.1. The molecule has 296 valence electrons. The fraction of sp³-hybridized carbons (Fsp3) is 0.391. The zero-order valence-corrected chi connectivity index (χ0v) is 33.0. The Morgan fingerprint density at radius 3 is 2.12 bits per heavy atom. The van der Waals surface area contributed by atoms with E-state index in [2.05, 4.69) is 20.8 Å². The van der Waals surface area contributed by atoms with Gasteiger partial charge in [-0.15, -0.1) is 0 Å². The van der Waals surface area contributed by atoms with Crippen molar-refractivity contribution in [3.63, 3.8) is 0 Å². The van der Waals surface area contributed by atoms with Crippen LogP contribution in [-0.4, -0.2) is 73.1 Å². The fourth-order valence-corrected chi connectivity index (χ4v) is 9.48. The third-order valence-electron chi connectivity index (χ3n) is 12.7. The van der Waals surface area contributed by atoms with Gasteiger partial charge in [0.2, 0.25) is 17.7 Å². The van der Waals surface area contributed by atoms with Crippen LogP contribution in [0.3, 0.4) is 0 Å². The molecule has 0 aromatic heterocycles. The molecule has 1 spiro atoms. The summed E-state index contributed by atoms with van der Waals surface area (Å²) < 4.78 is 12.8. The summed E-state index contributed by atoms with van der Waals surface area (Å²) in [4.78, 5) is 61.6. The van der Waals surface area contributed by atoms with E-state index in [0.717, 1.165) is 28.1 Å². The Bertz CT molecular complexity index is 2170. The Morgan fingerprint density at radius 2 is 1.53 bits per heavy atom. The van der Waals surface area contributed by atoms with E-state index in [0.29, 0.717) is 49.4 Å². The number of nitrogens with zero attached hydrogens (tertiary/aromatic N) is 4. The summed E-state index contributed by atoms with van der Waals surface area (Å²) in [6.07, 6.45) is 0.309. The largest absolute Gasteiger partial charge is 0.497 e. The molecular formula is C46H50N4O7. The number of anilines is 3. The van der Waals surface area contributed by atoms with E-state index < -0.39 is 23.0 Å². The highest BCUT2D eigenvalue weighted by atomic mass is 16.5. The lowest BCUT2D eigenvalue weighted by Gasteiger charge is -2.39. The van der Waals surface area contributed by atoms with Gasteiger partial charge in [-0.05, 0) is 64.6 Å². The maximum absolute atomic E-state index is 15.4. The number of hydrogen-bond acceptors (Lipinski definition) is 7. The van der Waals surface area contributed by atoms with Gasteiger partial charge in [0.05, 0.1) is 38.5 Å². The number of fused-ring (bicyclic) bond motifs is 2. The third-order valence-corrected chi connectivity index (χ3v) is 12.7. The molecule has 4 aromatic carbocycles. The van der Waals surface area contributed by atoms with Gasteiger partial charge in [-0.3, -0.25) is 19.2 Å². The molecule has 4 heterocycles. The van der Waals surface area contributed by atoms with E-state index in [1.807, 2.05) is 97.1 Å². The summed E-state index contributed by atoms with van der Waals surface area (Å²) in [6.45, 7) is 8.17. The number of β-lactam (4-membered cyclic amide) rings is 2. The van der Waals surface area contributed by atoms with Gasteiger partial charge in [0.1, 0.15) is 5.75 Å². The minimum absolute atomic E-state index is 0.00717. The minimum Gasteiger partial charge on any atom is -0.497 e. The van der Waals surface area contributed by atoms with Crippen molar-refractivity contribution >= 4 is 40.7 Å². The van der Waals surface area contributed by atoms with Crippen LogP contribution < -0.4 is 19.4 Å². The van der Waals surface area contributed by atoms with Crippen molar-refractivity contribution < 1.29 is 33.8 Å². The topological polar surface area (TPSA) is 120 Å². The van der Waals surface area contributed by atoms with Gasteiger partial charge in [0, 0.05) is 67.8 Å². The molecule has 3 fully saturated rings. The predicted molar refractivity (Wildman–Crippen MR) is 217 cm³/mol. The van der Waals surface area contributed by atoms with Crippen LogP contribution in [0.2, 0.25) is 0 Å². The van der Waals surface area contributed by atoms with Crippen LogP contribution in [0.4, 0.5) is 17.1 Å². The molecule has 0 radical (unpaired) electrons. The second-order valence-electron chi connectivity index (χ2n) is 16.2. The second kappa shape index (κ2) is 15.1. The van der Waals surface area contributed by atoms with Crippen molar-refractivity contribution in [1.82, 2.24) is 4.90 Å². The van der Waals surface area contributed by atoms with Crippen molar-refractivity contribution in [1.29, 1.82) is 0 Å². The lowest BCUT2D eigenvalue weighted by Crippen LogP contribution is -2.46. The molecule has 4 aliphatic heterocycles. The Morgan fingerprint density at radius 1 is 0.877 bits per heavy atom. The number of aliphatic hydroxyl groups is 1. The van der Waals surface area contributed by atoms with Gasteiger partial charge in [-0.1, -0.05) is 75.4 Å². The quantitative estimate of drug-likeness (QED) is 0.167. The third kappa shape index (κ3) is 6.66. The van der Waals surface area contributed by atoms with E-state index in [-0.39, 0.29) is 55.7 Å². The molecular weight excluding hydrogens is 721 g/mol. The van der Waals surface area contributed by atoms with Crippen molar-refractivity contribution in [2.45, 2.75) is 70.2 Å². The van der Waals surface area contributed by atoms with Crippen LogP contribution in [-0.2, 0) is 48.0 Å². The zero-order chi connectivity index (χ0) is 40.1. The van der Waals surface area contributed by atoms with Gasteiger partial charge in [-0.25, -0.2) is 0 Å². The summed E-state index contributed by atoms with van der Waals surface area (Å²) in [7, 11) is 1.63. The van der Waals surface area contributed by atoms with Gasteiger partial charge in [0.25, 0.3) is 5.91 Å². The molecule has 11 nitrogen and oxygen atoms in total. The Hall–Kier alpha value is -5.52. The average Bonchev–Trinajstić information content (AvgIpc) is 3.63. The molecule has 57 heavy (non-hydrogen) atoms. The van der Waals surface area contributed by atoms with E-state index in [1.54, 1.807) is 26.7 Å². The summed E-state index contributed by atoms with van der Waals surface area (Å²) >= 11 is 0. The molecule has 4 atom stereocenters. The predicted octanol–water partition coefficient (Wildman–Crippen LogP) is 5.95. The van der Waals surface area contributed by atoms with Crippen LogP contribution in [0.25, 0.3) is 0 Å². The SMILES string of the molecule is COc1ccc(C(C)(C)[C@@H]2[C@@H](CC(=O)N(CCO)Cc3ccccc3)O[C@]3(C(=O)N(Cc4ccc(N5CCC5=O)cc4)c4ccc(N5CCC5=O)cc43)[C@H]2C)cc1. The number of rotatable bonds is 13. The van der Waals surface area contributed by atoms with E-state index in [1.165, 1.54) is 0 Å². The molecule has 3 saturated heterocycles. The van der Waals surface area contributed by atoms with Crippen molar-refractivity contribution in [3.8, 4) is 5.75 Å². The first-order chi connectivity index (χ1) is 27.5. The summed E-state index contributed by atoms with van der Waals surface area (Å²) in [5.41, 5.74) is 3.70. The number of benzene rings is 4. The standard InChI is InChI=1S/C46H50N4O7/c1-30-43(45(2,3)33-12-17-36(56-4)18-13-33)39(27-42(54)47(24-25-51)28-31-8-6-5-7-9-31)57-46(30)37-26-35(49-23-21-41(49)53)16-19-38(37)50(44(46)55)29-32-10-14-34(15-11-32)48-22-20-40(48)52/h5-19,26,30,39,43,51H,20-25,27-29H2,1-4H3/t30-,39+,43-,46+/m0/s1. The number of aliphatic hydroxyl groups excluding tert-OH is 1. The maximum atomic E-state index is 15.4. The van der Waals surface area contributed by atoms with Gasteiger partial charge in [0.15, 0.2) is 5.60 Å². The molecule has 0 saturated carbocycles. The van der Waals surface area contributed by atoms with Gasteiger partial charge >= 0.3 is 0 Å². The lowest BCUT2D eigenvalue weighted by molar-refractivity contribution is -0.150. The van der Waals surface area contributed by atoms with Crippen LogP contribution in [0.15, 0.2) is 97.1 Å². The molecule has 1 N–H and O–H groups in total. The van der Waals surface area contributed by atoms with Crippen LogP contribution in [0.5, 0.6) is 5.75 Å². The first kappa shape index (κ1) is 38.4. The van der Waals surface area contributed by atoms with E-state index >= 15 is 4.79 Å². The molecule has 0 bridgehead atoms. The zero-order valence-electron chi connectivity index (χ0n) is 33.0. The first-order valence-corrected chi connectivity index (χ1v) is 19.9. The number of methoxy groups -OCH3 is 1. The Labute approximate surface area is 333 Å². The highest BCUT2D eigenvalue weighted by molar-refractivity contribution is 6.09. The van der Waals surface area contributed by atoms with E-state index in [4.69, 9.17) is 9.47 Å². The highest BCUT2D eigenvalue weighted by Crippen LogP contribution is 2.60. The maximum Gasteiger partial charge on any atom is 0.264 e. The van der Waals surface area contributed by atoms with Crippen LogP contribution in [0.1, 0.15) is 62.3 Å². The number of amides is 4. The second-order valence-corrected chi connectivity index (χ2v) is 16.2. The normalized spacial score (nSPS) is 22.8. The average molecular weight is 771 g/mol. The number of carbonyl (C=O) groups excluding carboxylic acids is 4. The fourth-order valence-electron chi connectivity index (χ4n) is 9.48. The van der Waals surface area contributed by atoms with Crippen LogP contribution >= 0.6 is 0 Å². The molecule has 0 unspecified atom stereocenters. The minimum atomic E-state index is -1.47. The highest BCUT2D eigenvalue weighted by Gasteiger charge is 2.66. The number of carbonyl (C=O) groups is 4. The van der Waals surface area contributed by atoms with Gasteiger partial charge in [-0.2, -0.15) is 0 Å². The number of ether oxygens (including phenoxy) is 2. The Balaban J connectivity index is 1.20. The molecule has 4 aromatic rings. The number of hydrogen-bond donors (Lipinski definition) is 1. The summed E-state index contributed by atoms with van der Waals surface area (Å²) in [5, 5.41) is 10.1. The molecule has 11 heteroatoms. The van der Waals surface area contributed by atoms with Crippen molar-refractivity contribution in [3.05, 3.63) is 119 Å². The molecule has 4 aliphatic rings. The summed E-state index contributed by atoms with van der Waals surface area (Å²) in [5.74, 6) is -0.315. The lowest BCUT2D eigenvalue weighted by atomic mass is 9.63. The van der Waals surface area contributed by atoms with Gasteiger partial charge < -0.3 is 34.2 Å². The molecule has 0 aliphatic carbocycles. The smallest absolute Gasteiger partial charge is 0.264 e. The van der Waals surface area contributed by atoms with Crippen molar-refractivity contribution in [2.24, 2.45) is 11.8 Å². The molecule has 8 rings (SSSR count). The Kier molecular flexibility index (Phi) is 10.2. The molecule has 4 amide bonds. The van der Waals surface area contributed by atoms with Crippen molar-refractivity contribution in [2.75, 3.05) is 48.1 Å². The monoisotopic (exact) mass is 770 g/mol. The first-order valence-electron chi connectivity index (χ1n) is 19.9.